The van der Waals surface area contributed by atoms with Gasteiger partial charge in [-0.2, -0.15) is 0 Å². The molecule has 0 fully saturated rings. The van der Waals surface area contributed by atoms with Crippen LogP contribution in [0.1, 0.15) is 0 Å². The second-order valence-corrected chi connectivity index (χ2v) is 8.24. The maximum Gasteiger partial charge on any atom is 0.325 e. The molecule has 30 heavy (non-hydrogen) atoms. The minimum atomic E-state index is -0.636. The SMILES string of the molecule is O=C(CSc1nc(-c2ccc(F)cc2)cs1)NC(=O)Nc1ccc2c(c1)OCCO2. The Hall–Kier alpha value is -3.11. The van der Waals surface area contributed by atoms with Gasteiger partial charge in [0.2, 0.25) is 5.91 Å². The smallest absolute Gasteiger partial charge is 0.325 e. The highest BCUT2D eigenvalue weighted by molar-refractivity contribution is 8.01. The van der Waals surface area contributed by atoms with Gasteiger partial charge in [0, 0.05) is 22.7 Å². The molecule has 0 saturated carbocycles. The van der Waals surface area contributed by atoms with Gasteiger partial charge in [0.05, 0.1) is 11.4 Å². The fraction of sp³-hybridized carbons (Fsp3) is 0.150. The summed E-state index contributed by atoms with van der Waals surface area (Å²) in [5, 5.41) is 6.70. The number of anilines is 1. The van der Waals surface area contributed by atoms with E-state index in [-0.39, 0.29) is 11.6 Å². The van der Waals surface area contributed by atoms with Crippen LogP contribution < -0.4 is 20.1 Å². The van der Waals surface area contributed by atoms with Gasteiger partial charge in [-0.3, -0.25) is 10.1 Å². The molecule has 0 spiro atoms. The lowest BCUT2D eigenvalue weighted by Crippen LogP contribution is -2.35. The number of hydrogen-bond acceptors (Lipinski definition) is 7. The number of nitrogens with zero attached hydrogens (tertiary/aromatic N) is 1. The fourth-order valence-corrected chi connectivity index (χ4v) is 4.29. The Labute approximate surface area is 179 Å². The van der Waals surface area contributed by atoms with E-state index in [0.717, 1.165) is 5.56 Å². The number of fused-ring (bicyclic) bond motifs is 1. The maximum absolute atomic E-state index is 13.0. The van der Waals surface area contributed by atoms with Crippen molar-refractivity contribution in [2.75, 3.05) is 24.3 Å². The molecule has 1 aliphatic rings. The summed E-state index contributed by atoms with van der Waals surface area (Å²) in [4.78, 5) is 28.5. The molecule has 0 unspecified atom stereocenters. The third-order valence-electron chi connectivity index (χ3n) is 4.00. The number of hydrogen-bond donors (Lipinski definition) is 2. The molecule has 1 aliphatic heterocycles. The lowest BCUT2D eigenvalue weighted by atomic mass is 10.2. The molecular weight excluding hydrogens is 429 g/mol. The second kappa shape index (κ2) is 9.14. The van der Waals surface area contributed by atoms with Crippen LogP contribution in [-0.4, -0.2) is 35.9 Å². The first-order valence-electron chi connectivity index (χ1n) is 8.91. The van der Waals surface area contributed by atoms with E-state index in [9.17, 15) is 14.0 Å². The highest BCUT2D eigenvalue weighted by atomic mass is 32.2. The number of urea groups is 1. The molecule has 4 rings (SSSR count). The predicted molar refractivity (Wildman–Crippen MR) is 113 cm³/mol. The third-order valence-corrected chi connectivity index (χ3v) is 6.02. The molecule has 10 heteroatoms. The van der Waals surface area contributed by atoms with Crippen molar-refractivity contribution < 1.29 is 23.5 Å². The molecule has 0 bridgehead atoms. The molecule has 3 amide bonds. The van der Waals surface area contributed by atoms with Crippen molar-refractivity contribution in [3.8, 4) is 22.8 Å². The van der Waals surface area contributed by atoms with Crippen molar-refractivity contribution in [2.24, 2.45) is 0 Å². The van der Waals surface area contributed by atoms with Crippen LogP contribution in [0.4, 0.5) is 14.9 Å². The first-order chi connectivity index (χ1) is 14.6. The van der Waals surface area contributed by atoms with Gasteiger partial charge in [0.1, 0.15) is 19.0 Å². The molecule has 154 valence electrons. The summed E-state index contributed by atoms with van der Waals surface area (Å²) in [5.74, 6) is 0.429. The number of benzene rings is 2. The lowest BCUT2D eigenvalue weighted by molar-refractivity contribution is -0.117. The highest BCUT2D eigenvalue weighted by Gasteiger charge is 2.14. The van der Waals surface area contributed by atoms with Crippen molar-refractivity contribution in [2.45, 2.75) is 4.34 Å². The van der Waals surface area contributed by atoms with E-state index in [1.54, 1.807) is 30.3 Å². The topological polar surface area (TPSA) is 89.6 Å². The largest absolute Gasteiger partial charge is 0.486 e. The van der Waals surface area contributed by atoms with Crippen LogP contribution in [0.5, 0.6) is 11.5 Å². The Balaban J connectivity index is 1.26. The number of rotatable bonds is 5. The second-order valence-electron chi connectivity index (χ2n) is 6.15. The maximum atomic E-state index is 13.0. The average Bonchev–Trinajstić information content (AvgIpc) is 3.22. The van der Waals surface area contributed by atoms with E-state index in [1.807, 2.05) is 5.38 Å². The Morgan fingerprint density at radius 1 is 1.10 bits per heavy atom. The molecule has 2 aromatic carbocycles. The van der Waals surface area contributed by atoms with Gasteiger partial charge in [0.25, 0.3) is 0 Å². The molecule has 3 aromatic rings. The molecule has 0 radical (unpaired) electrons. The number of thiazole rings is 1. The van der Waals surface area contributed by atoms with Crippen LogP contribution >= 0.6 is 23.1 Å². The molecule has 0 atom stereocenters. The number of thioether (sulfide) groups is 1. The Bertz CT molecular complexity index is 1070. The molecule has 0 saturated heterocycles. The normalized spacial score (nSPS) is 12.3. The predicted octanol–water partition coefficient (Wildman–Crippen LogP) is 4.16. The number of imide groups is 1. The summed E-state index contributed by atoms with van der Waals surface area (Å²) < 4.78 is 24.6. The van der Waals surface area contributed by atoms with Crippen LogP contribution in [0.3, 0.4) is 0 Å². The summed E-state index contributed by atoms with van der Waals surface area (Å²) in [7, 11) is 0. The monoisotopic (exact) mass is 445 g/mol. The van der Waals surface area contributed by atoms with Gasteiger partial charge in [-0.25, -0.2) is 14.2 Å². The summed E-state index contributed by atoms with van der Waals surface area (Å²) in [6, 6.07) is 10.4. The van der Waals surface area contributed by atoms with Crippen molar-refractivity contribution in [3.05, 3.63) is 53.7 Å². The fourth-order valence-electron chi connectivity index (χ4n) is 2.65. The first-order valence-corrected chi connectivity index (χ1v) is 10.8. The van der Waals surface area contributed by atoms with Crippen LogP contribution in [0.2, 0.25) is 0 Å². The number of amides is 3. The van der Waals surface area contributed by atoms with E-state index in [4.69, 9.17) is 9.47 Å². The Morgan fingerprint density at radius 2 is 1.87 bits per heavy atom. The van der Waals surface area contributed by atoms with Crippen LogP contribution in [0.25, 0.3) is 11.3 Å². The summed E-state index contributed by atoms with van der Waals surface area (Å²) in [6.45, 7) is 0.926. The van der Waals surface area contributed by atoms with Crippen LogP contribution in [-0.2, 0) is 4.79 Å². The minimum Gasteiger partial charge on any atom is -0.486 e. The van der Waals surface area contributed by atoms with E-state index >= 15 is 0 Å². The van der Waals surface area contributed by atoms with Crippen molar-refractivity contribution >= 4 is 40.7 Å². The number of halogens is 1. The molecule has 2 N–H and O–H groups in total. The number of ether oxygens (including phenoxy) is 2. The van der Waals surface area contributed by atoms with Crippen LogP contribution in [0.15, 0.2) is 52.2 Å². The zero-order valence-electron chi connectivity index (χ0n) is 15.5. The average molecular weight is 445 g/mol. The van der Waals surface area contributed by atoms with Gasteiger partial charge in [-0.1, -0.05) is 11.8 Å². The zero-order chi connectivity index (χ0) is 20.9. The quantitative estimate of drug-likeness (QED) is 0.573. The Kier molecular flexibility index (Phi) is 6.15. The molecule has 7 nitrogen and oxygen atoms in total. The summed E-state index contributed by atoms with van der Waals surface area (Å²) >= 11 is 2.60. The summed E-state index contributed by atoms with van der Waals surface area (Å²) in [5.41, 5.74) is 1.99. The summed E-state index contributed by atoms with van der Waals surface area (Å²) in [6.07, 6.45) is 0. The van der Waals surface area contributed by atoms with E-state index in [1.165, 1.54) is 35.2 Å². The van der Waals surface area contributed by atoms with E-state index < -0.39 is 11.9 Å². The molecule has 1 aromatic heterocycles. The van der Waals surface area contributed by atoms with Crippen molar-refractivity contribution in [1.29, 1.82) is 0 Å². The van der Waals surface area contributed by atoms with Gasteiger partial charge in [-0.15, -0.1) is 11.3 Å². The first kappa shape index (κ1) is 20.2. The minimum absolute atomic E-state index is 0.0327. The van der Waals surface area contributed by atoms with E-state index in [0.29, 0.717) is 40.4 Å². The van der Waals surface area contributed by atoms with Gasteiger partial charge in [0.15, 0.2) is 15.8 Å². The number of carbonyl (C=O) groups excluding carboxylic acids is 2. The highest BCUT2D eigenvalue weighted by Crippen LogP contribution is 2.32. The number of nitrogens with one attached hydrogen (secondary N) is 2. The third kappa shape index (κ3) is 5.08. The lowest BCUT2D eigenvalue weighted by Gasteiger charge is -2.19. The van der Waals surface area contributed by atoms with Gasteiger partial charge >= 0.3 is 6.03 Å². The van der Waals surface area contributed by atoms with Crippen molar-refractivity contribution in [3.63, 3.8) is 0 Å². The molecular formula is C20H16FN3O4S2. The number of aromatic nitrogens is 1. The standard InChI is InChI=1S/C20H16FN3O4S2/c21-13-3-1-12(2-4-13)15-10-29-20(23-15)30-11-18(25)24-19(26)22-14-5-6-16-17(9-14)28-8-7-27-16/h1-6,9-10H,7-8,11H2,(H2,22,24,25,26). The number of carbonyl (C=O) groups is 2. The Morgan fingerprint density at radius 3 is 2.67 bits per heavy atom. The van der Waals surface area contributed by atoms with Gasteiger partial charge in [-0.05, 0) is 36.4 Å². The van der Waals surface area contributed by atoms with Crippen LogP contribution in [0, 0.1) is 5.82 Å². The van der Waals surface area contributed by atoms with Gasteiger partial charge < -0.3 is 14.8 Å². The molecule has 2 heterocycles. The zero-order valence-corrected chi connectivity index (χ0v) is 17.1. The van der Waals surface area contributed by atoms with E-state index in [2.05, 4.69) is 15.6 Å². The van der Waals surface area contributed by atoms with Crippen molar-refractivity contribution in [1.82, 2.24) is 10.3 Å². The molecule has 0 aliphatic carbocycles.